The van der Waals surface area contributed by atoms with Crippen molar-refractivity contribution >= 4 is 45.2 Å². The van der Waals surface area contributed by atoms with Crippen LogP contribution < -0.4 is 15.9 Å². The van der Waals surface area contributed by atoms with E-state index in [9.17, 15) is 18.0 Å². The largest absolute Gasteiger partial charge is 0.478 e. The van der Waals surface area contributed by atoms with Crippen LogP contribution in [0, 0.1) is 0 Å². The summed E-state index contributed by atoms with van der Waals surface area (Å²) in [5, 5.41) is 12.9. The molecule has 0 heterocycles. The number of carbonyl (C=O) groups excluding carboxylic acids is 1. The summed E-state index contributed by atoms with van der Waals surface area (Å²) >= 11 is 0. The molecule has 0 aromatic heterocycles. The third-order valence-electron chi connectivity index (χ3n) is 6.82. The molecule has 0 amide bonds. The minimum Gasteiger partial charge on any atom is -0.478 e. The van der Waals surface area contributed by atoms with Crippen molar-refractivity contribution in [1.29, 1.82) is 0 Å². The summed E-state index contributed by atoms with van der Waals surface area (Å²) in [6.07, 6.45) is 3.09. The molecule has 0 radical (unpaired) electrons. The van der Waals surface area contributed by atoms with Crippen LogP contribution in [0.25, 0.3) is 0 Å². The Balaban J connectivity index is 0.000000204. The quantitative estimate of drug-likeness (QED) is 0.0922. The van der Waals surface area contributed by atoms with E-state index in [4.69, 9.17) is 9.66 Å². The number of carbonyl (C=O) groups is 2. The van der Waals surface area contributed by atoms with E-state index in [-0.39, 0.29) is 16.0 Å². The van der Waals surface area contributed by atoms with Gasteiger partial charge in [0.1, 0.15) is 0 Å². The summed E-state index contributed by atoms with van der Waals surface area (Å²) in [7, 11) is -4.80. The van der Waals surface area contributed by atoms with Crippen molar-refractivity contribution in [1.82, 2.24) is 0 Å². The van der Waals surface area contributed by atoms with Crippen LogP contribution in [0.5, 0.6) is 0 Å². The summed E-state index contributed by atoms with van der Waals surface area (Å²) in [5.41, 5.74) is 0.310. The summed E-state index contributed by atoms with van der Waals surface area (Å²) in [6, 6.07) is 45.9. The average Bonchev–Trinajstić information content (AvgIpc) is 3.08. The average molecular weight is 643 g/mol. The van der Waals surface area contributed by atoms with Crippen molar-refractivity contribution in [3.63, 3.8) is 0 Å². The van der Waals surface area contributed by atoms with E-state index >= 15 is 0 Å². The first kappa shape index (κ1) is 34.6. The normalized spacial score (nSPS) is 11.0. The van der Waals surface area contributed by atoms with Gasteiger partial charge in [-0.15, -0.1) is 0 Å². The fourth-order valence-electron chi connectivity index (χ4n) is 4.73. The summed E-state index contributed by atoms with van der Waals surface area (Å²) in [6.45, 7) is 4.06. The maximum absolute atomic E-state index is 11.0. The number of ether oxygens (including phenoxy) is 1. The van der Waals surface area contributed by atoms with Crippen LogP contribution in [0.15, 0.2) is 163 Å². The van der Waals surface area contributed by atoms with E-state index in [0.717, 1.165) is 6.16 Å². The molecule has 2 N–H and O–H groups in total. The van der Waals surface area contributed by atoms with Crippen molar-refractivity contribution in [2.45, 2.75) is 4.90 Å². The maximum atomic E-state index is 11.0. The van der Waals surface area contributed by atoms with Gasteiger partial charge in [-0.1, -0.05) is 24.3 Å². The topological polar surface area (TPSA) is 118 Å². The number of esters is 1. The summed E-state index contributed by atoms with van der Waals surface area (Å²) in [4.78, 5) is 21.4. The summed E-state index contributed by atoms with van der Waals surface area (Å²) in [5.74, 6) is -1.60. The Labute approximate surface area is 264 Å². The van der Waals surface area contributed by atoms with E-state index in [2.05, 4.69) is 108 Å². The first-order valence-corrected chi connectivity index (χ1v) is 17.5. The predicted molar refractivity (Wildman–Crippen MR) is 183 cm³/mol. The second-order valence-corrected chi connectivity index (χ2v) is 15.0. The zero-order valence-corrected chi connectivity index (χ0v) is 26.5. The van der Waals surface area contributed by atoms with E-state index in [0.29, 0.717) is 0 Å². The molecule has 0 unspecified atom stereocenters. The first-order chi connectivity index (χ1) is 21.6. The first-order valence-electron chi connectivity index (χ1n) is 13.8. The Bertz CT molecular complexity index is 1680. The van der Waals surface area contributed by atoms with Crippen LogP contribution in [0.1, 0.15) is 20.7 Å². The Morgan fingerprint density at radius 1 is 0.689 bits per heavy atom. The molecule has 9 heteroatoms. The Morgan fingerprint density at radius 2 is 1.09 bits per heavy atom. The zero-order valence-electron chi connectivity index (χ0n) is 24.7. The van der Waals surface area contributed by atoms with Crippen LogP contribution in [0.4, 0.5) is 0 Å². The Morgan fingerprint density at radius 3 is 1.42 bits per heavy atom. The van der Waals surface area contributed by atoms with Crippen molar-refractivity contribution in [2.75, 3.05) is 13.3 Å². The molecule has 5 aromatic carbocycles. The molecule has 0 saturated heterocycles. The fourth-order valence-corrected chi connectivity index (χ4v) is 9.65. The van der Waals surface area contributed by atoms with E-state index in [1.165, 1.54) is 59.4 Å². The molecule has 5 rings (SSSR count). The third kappa shape index (κ3) is 9.55. The van der Waals surface area contributed by atoms with Gasteiger partial charge in [0.05, 0.1) is 23.1 Å². The van der Waals surface area contributed by atoms with Gasteiger partial charge in [-0.05, 0) is 30.3 Å². The van der Waals surface area contributed by atoms with Gasteiger partial charge in [0.2, 0.25) is 0 Å². The second kappa shape index (κ2) is 16.8. The predicted octanol–water partition coefficient (Wildman–Crippen LogP) is 6.00. The molecular formula is C36H35O7PS. The summed E-state index contributed by atoms with van der Waals surface area (Å²) < 4.78 is 33.7. The molecule has 0 atom stereocenters. The smallest absolute Gasteiger partial charge is 0.337 e. The van der Waals surface area contributed by atoms with E-state index < -0.39 is 29.3 Å². The van der Waals surface area contributed by atoms with Crippen molar-refractivity contribution in [2.24, 2.45) is 0 Å². The molecule has 0 aliphatic rings. The molecule has 0 fully saturated rings. The molecule has 232 valence electrons. The SMILES string of the molecule is C=CC[PH](c1ccccc1)(c1ccccc1)c1ccccc1.COC(=O)c1cccc(C(=O)O)c1.O=S(=O)(O)c1ccccc1. The number of hydrogen-bond acceptors (Lipinski definition) is 5. The van der Waals surface area contributed by atoms with Crippen LogP contribution in [-0.4, -0.2) is 43.3 Å². The van der Waals surface area contributed by atoms with Gasteiger partial charge in [-0.2, -0.15) is 8.42 Å². The number of carboxylic acid groups (broad SMARTS) is 1. The molecule has 0 saturated carbocycles. The van der Waals surface area contributed by atoms with E-state index in [1.54, 1.807) is 18.2 Å². The second-order valence-electron chi connectivity index (χ2n) is 9.66. The molecule has 5 aromatic rings. The number of hydrogen-bond donors (Lipinski definition) is 2. The molecule has 0 aliphatic carbocycles. The molecule has 0 spiro atoms. The van der Waals surface area contributed by atoms with Gasteiger partial charge in [-0.3, -0.25) is 4.55 Å². The standard InChI is InChI=1S/C21H21P.C9H8O4.C6H6O3S/c1-2-18-22(19-12-6-3-7-13-19,20-14-8-4-9-15-20)21-16-10-5-11-17-21;1-13-9(12)7-4-2-3-6(5-7)8(10)11;7-10(8,9)6-4-2-1-3-5-6/h2-17,22H,1,18H2;2-5H,1H3,(H,10,11);1-5H,(H,7,8,9). The van der Waals surface area contributed by atoms with Crippen LogP contribution >= 0.6 is 7.26 Å². The number of benzene rings is 5. The van der Waals surface area contributed by atoms with Crippen LogP contribution in [-0.2, 0) is 14.9 Å². The Kier molecular flexibility index (Phi) is 12.9. The molecule has 0 aliphatic heterocycles. The number of rotatable bonds is 8. The third-order valence-corrected chi connectivity index (χ3v) is 12.5. The van der Waals surface area contributed by atoms with E-state index in [1.807, 2.05) is 0 Å². The van der Waals surface area contributed by atoms with Gasteiger partial charge in [0.15, 0.2) is 0 Å². The zero-order chi connectivity index (χ0) is 32.7. The maximum Gasteiger partial charge on any atom is 0.337 e. The van der Waals surface area contributed by atoms with Gasteiger partial charge >= 0.3 is 145 Å². The van der Waals surface area contributed by atoms with Crippen LogP contribution in [0.3, 0.4) is 0 Å². The number of methoxy groups -OCH3 is 1. The van der Waals surface area contributed by atoms with Gasteiger partial charge in [0, 0.05) is 0 Å². The fraction of sp³-hybridized carbons (Fsp3) is 0.0556. The minimum absolute atomic E-state index is 0.0721. The number of aromatic carboxylic acids is 1. The number of carboxylic acids is 1. The molecular weight excluding hydrogens is 607 g/mol. The minimum atomic E-state index is -4.00. The van der Waals surface area contributed by atoms with Crippen molar-refractivity contribution < 1.29 is 32.4 Å². The molecule has 7 nitrogen and oxygen atoms in total. The van der Waals surface area contributed by atoms with Gasteiger partial charge in [-0.25, -0.2) is 9.59 Å². The van der Waals surface area contributed by atoms with Crippen molar-refractivity contribution in [3.05, 3.63) is 169 Å². The molecule has 0 bridgehead atoms. The van der Waals surface area contributed by atoms with Gasteiger partial charge in [0.25, 0.3) is 10.1 Å². The number of allylic oxidation sites excluding steroid dienone is 1. The molecule has 45 heavy (non-hydrogen) atoms. The van der Waals surface area contributed by atoms with Crippen molar-refractivity contribution in [3.8, 4) is 0 Å². The Hall–Kier alpha value is -4.88. The van der Waals surface area contributed by atoms with Gasteiger partial charge < -0.3 is 9.84 Å². The van der Waals surface area contributed by atoms with Crippen LogP contribution in [0.2, 0.25) is 0 Å². The monoisotopic (exact) mass is 642 g/mol.